The van der Waals surface area contributed by atoms with E-state index in [1.165, 1.54) is 10.4 Å². The van der Waals surface area contributed by atoms with Crippen LogP contribution in [0.4, 0.5) is 5.95 Å². The highest BCUT2D eigenvalue weighted by atomic mass is 32.2. The number of sulfonamides is 1. The first-order valence-corrected chi connectivity index (χ1v) is 11.5. The lowest BCUT2D eigenvalue weighted by molar-refractivity contribution is -0.126. The molecule has 1 aliphatic rings. The van der Waals surface area contributed by atoms with Gasteiger partial charge >= 0.3 is 0 Å². The van der Waals surface area contributed by atoms with E-state index in [0.29, 0.717) is 45.2 Å². The molecule has 1 amide bonds. The second kappa shape index (κ2) is 9.82. The van der Waals surface area contributed by atoms with Crippen molar-refractivity contribution in [2.75, 3.05) is 44.2 Å². The molecule has 1 aromatic carbocycles. The number of nitrogens with zero attached hydrogens (tertiary/aromatic N) is 5. The second-order valence-corrected chi connectivity index (χ2v) is 8.79. The molecule has 1 aliphatic heterocycles. The molecule has 160 valence electrons. The molecule has 1 saturated heterocycles. The van der Waals surface area contributed by atoms with Crippen LogP contribution in [0.25, 0.3) is 6.08 Å². The minimum Gasteiger partial charge on any atom is -0.337 e. The number of hydrogen-bond donors (Lipinski definition) is 0. The standard InChI is InChI=1S/C21H27N5O3S/c1-3-26(4-2)30(28,29)19-9-6-18(7-10-19)8-11-20(27)24-14-16-25(17-15-24)21-22-12-5-13-23-21/h5-13H,3-4,14-17H2,1-2H3. The van der Waals surface area contributed by atoms with Crippen LogP contribution in [-0.4, -0.2) is 72.8 Å². The number of piperazine rings is 1. The zero-order valence-electron chi connectivity index (χ0n) is 17.3. The van der Waals surface area contributed by atoms with Crippen molar-refractivity contribution in [3.63, 3.8) is 0 Å². The molecule has 0 spiro atoms. The van der Waals surface area contributed by atoms with Crippen molar-refractivity contribution in [1.82, 2.24) is 19.2 Å². The maximum Gasteiger partial charge on any atom is 0.246 e. The Kier molecular flexibility index (Phi) is 7.17. The van der Waals surface area contributed by atoms with E-state index in [1.54, 1.807) is 53.7 Å². The van der Waals surface area contributed by atoms with Gasteiger partial charge in [-0.25, -0.2) is 18.4 Å². The third-order valence-corrected chi connectivity index (χ3v) is 7.13. The molecular weight excluding hydrogens is 402 g/mol. The van der Waals surface area contributed by atoms with Gasteiger partial charge in [-0.1, -0.05) is 26.0 Å². The van der Waals surface area contributed by atoms with Crippen LogP contribution in [0.2, 0.25) is 0 Å². The van der Waals surface area contributed by atoms with Crippen LogP contribution in [-0.2, 0) is 14.8 Å². The van der Waals surface area contributed by atoms with Crippen LogP contribution in [0, 0.1) is 0 Å². The topological polar surface area (TPSA) is 86.7 Å². The fourth-order valence-electron chi connectivity index (χ4n) is 3.32. The number of benzene rings is 1. The molecule has 30 heavy (non-hydrogen) atoms. The van der Waals surface area contributed by atoms with Crippen molar-refractivity contribution >= 4 is 28.0 Å². The zero-order chi connectivity index (χ0) is 21.6. The summed E-state index contributed by atoms with van der Waals surface area (Å²) in [6.45, 7) is 7.05. The predicted octanol–water partition coefficient (Wildman–Crippen LogP) is 1.87. The molecule has 0 atom stereocenters. The molecular formula is C21H27N5O3S. The maximum atomic E-state index is 12.5. The Labute approximate surface area is 177 Å². The number of anilines is 1. The first kappa shape index (κ1) is 21.9. The highest BCUT2D eigenvalue weighted by Gasteiger charge is 2.22. The summed E-state index contributed by atoms with van der Waals surface area (Å²) in [5, 5.41) is 0. The normalized spacial score (nSPS) is 15.2. The second-order valence-electron chi connectivity index (χ2n) is 6.85. The molecule has 2 aromatic rings. The molecule has 0 aliphatic carbocycles. The Morgan fingerprint density at radius 1 is 1.03 bits per heavy atom. The lowest BCUT2D eigenvalue weighted by Gasteiger charge is -2.34. The number of hydrogen-bond acceptors (Lipinski definition) is 6. The summed E-state index contributed by atoms with van der Waals surface area (Å²) >= 11 is 0. The molecule has 0 radical (unpaired) electrons. The van der Waals surface area contributed by atoms with Crippen molar-refractivity contribution < 1.29 is 13.2 Å². The average Bonchev–Trinajstić information content (AvgIpc) is 2.79. The van der Waals surface area contributed by atoms with Gasteiger partial charge in [0, 0.05) is 57.7 Å². The summed E-state index contributed by atoms with van der Waals surface area (Å²) in [4.78, 5) is 25.1. The van der Waals surface area contributed by atoms with Gasteiger partial charge in [-0.2, -0.15) is 4.31 Å². The van der Waals surface area contributed by atoms with Gasteiger partial charge in [0.05, 0.1) is 4.90 Å². The van der Waals surface area contributed by atoms with Crippen LogP contribution in [0.3, 0.4) is 0 Å². The fourth-order valence-corrected chi connectivity index (χ4v) is 4.78. The Morgan fingerprint density at radius 2 is 1.63 bits per heavy atom. The number of amides is 1. The Balaban J connectivity index is 1.58. The maximum absolute atomic E-state index is 12.5. The van der Waals surface area contributed by atoms with E-state index in [4.69, 9.17) is 0 Å². The van der Waals surface area contributed by atoms with Crippen molar-refractivity contribution in [1.29, 1.82) is 0 Å². The summed E-state index contributed by atoms with van der Waals surface area (Å²) in [7, 11) is -3.48. The predicted molar refractivity (Wildman–Crippen MR) is 116 cm³/mol. The fraction of sp³-hybridized carbons (Fsp3) is 0.381. The van der Waals surface area contributed by atoms with E-state index < -0.39 is 10.0 Å². The Morgan fingerprint density at radius 3 is 2.20 bits per heavy atom. The van der Waals surface area contributed by atoms with E-state index in [2.05, 4.69) is 14.9 Å². The zero-order valence-corrected chi connectivity index (χ0v) is 18.1. The van der Waals surface area contributed by atoms with Crippen LogP contribution in [0.1, 0.15) is 19.4 Å². The molecule has 0 unspecified atom stereocenters. The summed E-state index contributed by atoms with van der Waals surface area (Å²) in [6, 6.07) is 8.36. The molecule has 1 fully saturated rings. The molecule has 8 nitrogen and oxygen atoms in total. The van der Waals surface area contributed by atoms with Crippen molar-refractivity contribution in [3.05, 3.63) is 54.4 Å². The largest absolute Gasteiger partial charge is 0.337 e. The monoisotopic (exact) mass is 429 g/mol. The SMILES string of the molecule is CCN(CC)S(=O)(=O)c1ccc(C=CC(=O)N2CCN(c3ncccn3)CC2)cc1. The van der Waals surface area contributed by atoms with Crippen LogP contribution in [0.5, 0.6) is 0 Å². The van der Waals surface area contributed by atoms with Gasteiger partial charge in [0.15, 0.2) is 0 Å². The minimum atomic E-state index is -3.48. The molecule has 3 rings (SSSR count). The average molecular weight is 430 g/mol. The van der Waals surface area contributed by atoms with Gasteiger partial charge in [0.1, 0.15) is 0 Å². The van der Waals surface area contributed by atoms with Crippen LogP contribution >= 0.6 is 0 Å². The molecule has 0 bridgehead atoms. The number of aromatic nitrogens is 2. The highest BCUT2D eigenvalue weighted by molar-refractivity contribution is 7.89. The first-order valence-electron chi connectivity index (χ1n) is 10.0. The molecule has 9 heteroatoms. The Bertz CT molecular complexity index is 965. The van der Waals surface area contributed by atoms with Crippen LogP contribution in [0.15, 0.2) is 53.7 Å². The quantitative estimate of drug-likeness (QED) is 0.625. The summed E-state index contributed by atoms with van der Waals surface area (Å²) in [6.07, 6.45) is 6.66. The van der Waals surface area contributed by atoms with E-state index >= 15 is 0 Å². The van der Waals surface area contributed by atoms with E-state index in [1.807, 2.05) is 13.8 Å². The van der Waals surface area contributed by atoms with Gasteiger partial charge in [-0.15, -0.1) is 0 Å². The van der Waals surface area contributed by atoms with Gasteiger partial charge in [-0.3, -0.25) is 4.79 Å². The summed E-state index contributed by atoms with van der Waals surface area (Å²) in [5.74, 6) is 0.614. The molecule has 1 aromatic heterocycles. The van der Waals surface area contributed by atoms with Gasteiger partial charge in [0.2, 0.25) is 21.9 Å². The van der Waals surface area contributed by atoms with Gasteiger partial charge in [0.25, 0.3) is 0 Å². The molecule has 0 saturated carbocycles. The smallest absolute Gasteiger partial charge is 0.246 e. The number of rotatable bonds is 7. The van der Waals surface area contributed by atoms with E-state index in [-0.39, 0.29) is 10.8 Å². The van der Waals surface area contributed by atoms with Crippen molar-refractivity contribution in [2.24, 2.45) is 0 Å². The first-order chi connectivity index (χ1) is 14.5. The summed E-state index contributed by atoms with van der Waals surface area (Å²) < 4.78 is 26.5. The van der Waals surface area contributed by atoms with Crippen LogP contribution < -0.4 is 4.90 Å². The molecule has 2 heterocycles. The van der Waals surface area contributed by atoms with Crippen molar-refractivity contribution in [2.45, 2.75) is 18.7 Å². The third kappa shape index (κ3) is 5.03. The number of carbonyl (C=O) groups excluding carboxylic acids is 1. The number of carbonyl (C=O) groups is 1. The highest BCUT2D eigenvalue weighted by Crippen LogP contribution is 2.17. The van der Waals surface area contributed by atoms with E-state index in [0.717, 1.165) is 5.56 Å². The summed E-state index contributed by atoms with van der Waals surface area (Å²) in [5.41, 5.74) is 0.776. The van der Waals surface area contributed by atoms with Gasteiger partial charge < -0.3 is 9.80 Å². The minimum absolute atomic E-state index is 0.0662. The van der Waals surface area contributed by atoms with Gasteiger partial charge in [-0.05, 0) is 29.8 Å². The third-order valence-electron chi connectivity index (χ3n) is 5.07. The lowest BCUT2D eigenvalue weighted by Crippen LogP contribution is -2.48. The Hall–Kier alpha value is -2.78. The lowest BCUT2D eigenvalue weighted by atomic mass is 10.2. The van der Waals surface area contributed by atoms with E-state index in [9.17, 15) is 13.2 Å². The van der Waals surface area contributed by atoms with Crippen molar-refractivity contribution in [3.8, 4) is 0 Å². The molecule has 0 N–H and O–H groups in total.